The zero-order valence-electron chi connectivity index (χ0n) is 16.7. The predicted molar refractivity (Wildman–Crippen MR) is 116 cm³/mol. The lowest BCUT2D eigenvalue weighted by molar-refractivity contribution is 0.113. The van der Waals surface area contributed by atoms with Gasteiger partial charge in [-0.3, -0.25) is 0 Å². The smallest absolute Gasteiger partial charge is 0.123 e. The Kier molecular flexibility index (Phi) is 6.25. The molecular weight excluding hydrogens is 368 g/mol. The molecule has 1 saturated carbocycles. The second-order valence-corrected chi connectivity index (χ2v) is 8.77. The molecule has 3 atom stereocenters. The minimum atomic E-state index is 0.162. The molecule has 4 rings (SSSR count). The molecule has 1 aliphatic carbocycles. The molecule has 2 aromatic rings. The third-order valence-electron chi connectivity index (χ3n) is 6.71. The molecule has 3 unspecified atom stereocenters. The van der Waals surface area contributed by atoms with Gasteiger partial charge < -0.3 is 15.4 Å². The van der Waals surface area contributed by atoms with Crippen LogP contribution < -0.4 is 15.4 Å². The van der Waals surface area contributed by atoms with E-state index in [2.05, 4.69) is 41.0 Å². The molecule has 150 valence electrons. The molecule has 1 saturated heterocycles. The standard InChI is InChI=1S/C24H31ClN2O/c1-28-23-12-11-21(25)14-19(23)16-27-24-13-7-3-6-10-20(24)17-26-22(15-24)18-8-4-2-5-9-18/h2,4-5,8-9,11-12,14,20,22,26-27H,3,6-7,10,13,15-17H2,1H3. The van der Waals surface area contributed by atoms with Crippen molar-refractivity contribution in [3.63, 3.8) is 0 Å². The maximum absolute atomic E-state index is 6.27. The fraction of sp³-hybridized carbons (Fsp3) is 0.500. The van der Waals surface area contributed by atoms with Crippen molar-refractivity contribution in [3.8, 4) is 5.75 Å². The zero-order valence-corrected chi connectivity index (χ0v) is 17.5. The number of ether oxygens (including phenoxy) is 1. The molecule has 1 aliphatic heterocycles. The average Bonchev–Trinajstić information content (AvgIpc) is 2.95. The van der Waals surface area contributed by atoms with Gasteiger partial charge in [-0.05, 0) is 48.9 Å². The summed E-state index contributed by atoms with van der Waals surface area (Å²) in [6, 6.07) is 17.2. The normalized spacial score (nSPS) is 27.6. The van der Waals surface area contributed by atoms with Gasteiger partial charge in [0.25, 0.3) is 0 Å². The van der Waals surface area contributed by atoms with Crippen LogP contribution in [0, 0.1) is 5.92 Å². The SMILES string of the molecule is COc1ccc(Cl)cc1CNC12CCCCCC1CNC(c1ccccc1)C2. The molecule has 4 heteroatoms. The van der Waals surface area contributed by atoms with Gasteiger partial charge in [0.1, 0.15) is 5.75 Å². The molecule has 2 N–H and O–H groups in total. The van der Waals surface area contributed by atoms with Crippen molar-refractivity contribution >= 4 is 11.6 Å². The summed E-state index contributed by atoms with van der Waals surface area (Å²) >= 11 is 6.27. The Hall–Kier alpha value is -1.55. The Bertz CT molecular complexity index is 781. The van der Waals surface area contributed by atoms with E-state index in [-0.39, 0.29) is 5.54 Å². The van der Waals surface area contributed by atoms with Crippen LogP contribution in [-0.2, 0) is 6.54 Å². The van der Waals surface area contributed by atoms with Gasteiger partial charge in [0.2, 0.25) is 0 Å². The van der Waals surface area contributed by atoms with Crippen LogP contribution in [0.5, 0.6) is 5.75 Å². The molecule has 2 fully saturated rings. The van der Waals surface area contributed by atoms with Crippen LogP contribution in [0.2, 0.25) is 5.02 Å². The zero-order chi connectivity index (χ0) is 19.4. The Morgan fingerprint density at radius 3 is 2.82 bits per heavy atom. The lowest BCUT2D eigenvalue weighted by atomic mass is 9.71. The lowest BCUT2D eigenvalue weighted by Gasteiger charge is -2.48. The maximum Gasteiger partial charge on any atom is 0.123 e. The number of fused-ring (bicyclic) bond motifs is 1. The number of benzene rings is 2. The van der Waals surface area contributed by atoms with E-state index in [1.165, 1.54) is 37.7 Å². The van der Waals surface area contributed by atoms with E-state index in [1.807, 2.05) is 18.2 Å². The fourth-order valence-electron chi connectivity index (χ4n) is 5.16. The Balaban J connectivity index is 1.58. The van der Waals surface area contributed by atoms with Crippen LogP contribution in [0.4, 0.5) is 0 Å². The molecule has 0 aromatic heterocycles. The summed E-state index contributed by atoms with van der Waals surface area (Å²) in [6.45, 7) is 1.88. The first-order chi connectivity index (χ1) is 13.7. The van der Waals surface area contributed by atoms with Crippen molar-refractivity contribution < 1.29 is 4.74 Å². The number of hydrogen-bond acceptors (Lipinski definition) is 3. The first-order valence-corrected chi connectivity index (χ1v) is 10.9. The van der Waals surface area contributed by atoms with E-state index < -0.39 is 0 Å². The number of methoxy groups -OCH3 is 1. The highest BCUT2D eigenvalue weighted by atomic mass is 35.5. The van der Waals surface area contributed by atoms with Crippen LogP contribution in [0.3, 0.4) is 0 Å². The second kappa shape index (κ2) is 8.86. The first-order valence-electron chi connectivity index (χ1n) is 10.6. The quantitative estimate of drug-likeness (QED) is 0.698. The molecule has 2 aromatic carbocycles. The third kappa shape index (κ3) is 4.22. The minimum absolute atomic E-state index is 0.162. The number of piperidine rings is 1. The van der Waals surface area contributed by atoms with Crippen LogP contribution in [0.25, 0.3) is 0 Å². The van der Waals surface area contributed by atoms with Crippen molar-refractivity contribution in [2.45, 2.75) is 56.7 Å². The van der Waals surface area contributed by atoms with E-state index in [1.54, 1.807) is 7.11 Å². The van der Waals surface area contributed by atoms with Gasteiger partial charge in [-0.2, -0.15) is 0 Å². The Morgan fingerprint density at radius 2 is 2.00 bits per heavy atom. The third-order valence-corrected chi connectivity index (χ3v) is 6.95. The minimum Gasteiger partial charge on any atom is -0.496 e. The van der Waals surface area contributed by atoms with Gasteiger partial charge in [0, 0.05) is 35.3 Å². The highest BCUT2D eigenvalue weighted by Crippen LogP contribution is 2.42. The summed E-state index contributed by atoms with van der Waals surface area (Å²) in [7, 11) is 1.73. The summed E-state index contributed by atoms with van der Waals surface area (Å²) in [4.78, 5) is 0. The van der Waals surface area contributed by atoms with Crippen LogP contribution >= 0.6 is 11.6 Å². The van der Waals surface area contributed by atoms with Crippen molar-refractivity contribution in [2.24, 2.45) is 5.92 Å². The van der Waals surface area contributed by atoms with Crippen LogP contribution in [0.15, 0.2) is 48.5 Å². The molecule has 28 heavy (non-hydrogen) atoms. The van der Waals surface area contributed by atoms with Crippen molar-refractivity contribution in [1.29, 1.82) is 0 Å². The Morgan fingerprint density at radius 1 is 1.14 bits per heavy atom. The number of hydrogen-bond donors (Lipinski definition) is 2. The van der Waals surface area contributed by atoms with Crippen LogP contribution in [0.1, 0.15) is 55.7 Å². The monoisotopic (exact) mass is 398 g/mol. The molecule has 0 spiro atoms. The van der Waals surface area contributed by atoms with Crippen molar-refractivity contribution in [2.75, 3.05) is 13.7 Å². The summed E-state index contributed by atoms with van der Waals surface area (Å²) in [5.41, 5.74) is 2.70. The predicted octanol–water partition coefficient (Wildman–Crippen LogP) is 5.49. The Labute approximate surface area is 173 Å². The summed E-state index contributed by atoms with van der Waals surface area (Å²) < 4.78 is 5.58. The first kappa shape index (κ1) is 19.8. The van der Waals surface area contributed by atoms with Gasteiger partial charge >= 0.3 is 0 Å². The molecule has 0 radical (unpaired) electrons. The van der Waals surface area contributed by atoms with Crippen molar-refractivity contribution in [3.05, 3.63) is 64.7 Å². The molecule has 1 heterocycles. The van der Waals surface area contributed by atoms with E-state index in [0.29, 0.717) is 12.0 Å². The fourth-order valence-corrected chi connectivity index (χ4v) is 5.35. The average molecular weight is 399 g/mol. The molecule has 3 nitrogen and oxygen atoms in total. The number of rotatable bonds is 5. The summed E-state index contributed by atoms with van der Waals surface area (Å²) in [5.74, 6) is 1.58. The summed E-state index contributed by atoms with van der Waals surface area (Å²) in [6.07, 6.45) is 7.66. The van der Waals surface area contributed by atoms with Gasteiger partial charge in [0.15, 0.2) is 0 Å². The molecule has 0 bridgehead atoms. The highest BCUT2D eigenvalue weighted by Gasteiger charge is 2.44. The molecule has 0 amide bonds. The van der Waals surface area contributed by atoms with E-state index in [9.17, 15) is 0 Å². The van der Waals surface area contributed by atoms with E-state index in [4.69, 9.17) is 16.3 Å². The van der Waals surface area contributed by atoms with Gasteiger partial charge in [-0.25, -0.2) is 0 Å². The van der Waals surface area contributed by atoms with Crippen LogP contribution in [-0.4, -0.2) is 19.2 Å². The molecule has 2 aliphatic rings. The van der Waals surface area contributed by atoms with Crippen molar-refractivity contribution in [1.82, 2.24) is 10.6 Å². The topological polar surface area (TPSA) is 33.3 Å². The maximum atomic E-state index is 6.27. The summed E-state index contributed by atoms with van der Waals surface area (Å²) in [5, 5.41) is 8.61. The second-order valence-electron chi connectivity index (χ2n) is 8.34. The molecular formula is C24H31ClN2O. The number of halogens is 1. The highest BCUT2D eigenvalue weighted by molar-refractivity contribution is 6.30. The van der Waals surface area contributed by atoms with Gasteiger partial charge in [-0.15, -0.1) is 0 Å². The van der Waals surface area contributed by atoms with Gasteiger partial charge in [-0.1, -0.05) is 61.2 Å². The number of nitrogens with one attached hydrogen (secondary N) is 2. The largest absolute Gasteiger partial charge is 0.496 e. The van der Waals surface area contributed by atoms with E-state index >= 15 is 0 Å². The van der Waals surface area contributed by atoms with Gasteiger partial charge in [0.05, 0.1) is 7.11 Å². The van der Waals surface area contributed by atoms with E-state index in [0.717, 1.165) is 35.8 Å². The lowest BCUT2D eigenvalue weighted by Crippen LogP contribution is -2.59.